The van der Waals surface area contributed by atoms with Crippen molar-refractivity contribution in [3.8, 4) is 0 Å². The number of hydrogen-bond donors (Lipinski definition) is 1. The summed E-state index contributed by atoms with van der Waals surface area (Å²) >= 11 is 0. The third kappa shape index (κ3) is 2.48. The van der Waals surface area contributed by atoms with Crippen molar-refractivity contribution in [3.63, 3.8) is 0 Å². The molecule has 1 aromatic heterocycles. The maximum atomic E-state index is 5.86. The van der Waals surface area contributed by atoms with E-state index in [1.54, 1.807) is 0 Å². The molecule has 0 bridgehead atoms. The molecule has 1 saturated carbocycles. The lowest BCUT2D eigenvalue weighted by atomic mass is 9.77. The zero-order valence-electron chi connectivity index (χ0n) is 12.0. The number of piperidine rings is 1. The Morgan fingerprint density at radius 1 is 1.21 bits per heavy atom. The monoisotopic (exact) mass is 259 g/mol. The number of aromatic nitrogens is 1. The molecule has 0 amide bonds. The first-order valence-corrected chi connectivity index (χ1v) is 7.63. The highest BCUT2D eigenvalue weighted by molar-refractivity contribution is 5.54. The van der Waals surface area contributed by atoms with E-state index in [-0.39, 0.29) is 0 Å². The fraction of sp³-hybridized carbons (Fsp3) is 0.688. The number of nitrogens with two attached hydrogens (primary N) is 1. The minimum absolute atomic E-state index is 0.588. The van der Waals surface area contributed by atoms with Gasteiger partial charge in [0.1, 0.15) is 0 Å². The fourth-order valence-corrected chi connectivity index (χ4v) is 3.87. The molecule has 1 saturated heterocycles. The van der Waals surface area contributed by atoms with Crippen LogP contribution in [0.2, 0.25) is 0 Å². The van der Waals surface area contributed by atoms with Crippen LogP contribution >= 0.6 is 0 Å². The molecule has 3 nitrogen and oxygen atoms in total. The second kappa shape index (κ2) is 5.12. The molecule has 19 heavy (non-hydrogen) atoms. The SMILES string of the molecule is Cc1cc(N2CCC3(CCCC3)CC2)c(CN)cn1. The Bertz CT molecular complexity index is 439. The summed E-state index contributed by atoms with van der Waals surface area (Å²) in [7, 11) is 0. The van der Waals surface area contributed by atoms with Crippen LogP contribution < -0.4 is 10.6 Å². The van der Waals surface area contributed by atoms with Crippen molar-refractivity contribution in [2.24, 2.45) is 11.1 Å². The predicted molar refractivity (Wildman–Crippen MR) is 79.2 cm³/mol. The summed E-state index contributed by atoms with van der Waals surface area (Å²) in [6, 6.07) is 2.20. The van der Waals surface area contributed by atoms with E-state index >= 15 is 0 Å². The van der Waals surface area contributed by atoms with Gasteiger partial charge in [0.25, 0.3) is 0 Å². The summed E-state index contributed by atoms with van der Waals surface area (Å²) in [6.45, 7) is 5.03. The minimum Gasteiger partial charge on any atom is -0.371 e. The summed E-state index contributed by atoms with van der Waals surface area (Å²) in [5.41, 5.74) is 10.1. The summed E-state index contributed by atoms with van der Waals surface area (Å²) in [5, 5.41) is 0. The normalized spacial score (nSPS) is 22.1. The van der Waals surface area contributed by atoms with Crippen LogP contribution in [0, 0.1) is 12.3 Å². The Kier molecular flexibility index (Phi) is 3.48. The van der Waals surface area contributed by atoms with Crippen LogP contribution in [0.25, 0.3) is 0 Å². The fourth-order valence-electron chi connectivity index (χ4n) is 3.87. The molecule has 0 aromatic carbocycles. The topological polar surface area (TPSA) is 42.1 Å². The highest BCUT2D eigenvalue weighted by Crippen LogP contribution is 2.46. The molecular formula is C16H25N3. The van der Waals surface area contributed by atoms with Crippen molar-refractivity contribution in [2.45, 2.75) is 52.0 Å². The molecular weight excluding hydrogens is 234 g/mol. The van der Waals surface area contributed by atoms with E-state index in [9.17, 15) is 0 Å². The van der Waals surface area contributed by atoms with Crippen LogP contribution in [0.1, 0.15) is 49.8 Å². The van der Waals surface area contributed by atoms with Crippen LogP contribution in [-0.2, 0) is 6.54 Å². The molecule has 1 aromatic rings. The van der Waals surface area contributed by atoms with Gasteiger partial charge in [0.05, 0.1) is 0 Å². The summed E-state index contributed by atoms with van der Waals surface area (Å²) in [6.07, 6.45) is 10.5. The summed E-state index contributed by atoms with van der Waals surface area (Å²) in [5.74, 6) is 0. The third-order valence-electron chi connectivity index (χ3n) is 5.15. The molecule has 3 heteroatoms. The Balaban J connectivity index is 1.76. The first kappa shape index (κ1) is 12.9. The Hall–Kier alpha value is -1.09. The van der Waals surface area contributed by atoms with E-state index in [1.165, 1.54) is 62.9 Å². The lowest BCUT2D eigenvalue weighted by Gasteiger charge is -2.41. The van der Waals surface area contributed by atoms with Gasteiger partial charge in [-0.1, -0.05) is 12.8 Å². The largest absolute Gasteiger partial charge is 0.371 e. The molecule has 0 radical (unpaired) electrons. The molecule has 2 aliphatic rings. The maximum absolute atomic E-state index is 5.86. The van der Waals surface area contributed by atoms with Crippen LogP contribution in [-0.4, -0.2) is 18.1 Å². The van der Waals surface area contributed by atoms with E-state index in [2.05, 4.69) is 22.9 Å². The van der Waals surface area contributed by atoms with E-state index < -0.39 is 0 Å². The van der Waals surface area contributed by atoms with Gasteiger partial charge in [-0.3, -0.25) is 4.98 Å². The number of hydrogen-bond acceptors (Lipinski definition) is 3. The predicted octanol–water partition coefficient (Wildman–Crippen LogP) is 3.01. The quantitative estimate of drug-likeness (QED) is 0.887. The van der Waals surface area contributed by atoms with Crippen molar-refractivity contribution in [2.75, 3.05) is 18.0 Å². The number of anilines is 1. The van der Waals surface area contributed by atoms with Gasteiger partial charge in [-0.15, -0.1) is 0 Å². The molecule has 3 rings (SSSR count). The average molecular weight is 259 g/mol. The number of pyridine rings is 1. The third-order valence-corrected chi connectivity index (χ3v) is 5.15. The van der Waals surface area contributed by atoms with Crippen LogP contribution in [0.5, 0.6) is 0 Å². The Morgan fingerprint density at radius 3 is 2.53 bits per heavy atom. The molecule has 0 atom stereocenters. The molecule has 0 unspecified atom stereocenters. The van der Waals surface area contributed by atoms with Crippen molar-refractivity contribution in [1.82, 2.24) is 4.98 Å². The van der Waals surface area contributed by atoms with E-state index in [4.69, 9.17) is 5.73 Å². The number of rotatable bonds is 2. The molecule has 1 spiro atoms. The molecule has 2 fully saturated rings. The van der Waals surface area contributed by atoms with Gasteiger partial charge < -0.3 is 10.6 Å². The first-order valence-electron chi connectivity index (χ1n) is 7.63. The Morgan fingerprint density at radius 2 is 1.89 bits per heavy atom. The van der Waals surface area contributed by atoms with Crippen LogP contribution in [0.15, 0.2) is 12.3 Å². The lowest BCUT2D eigenvalue weighted by Crippen LogP contribution is -2.39. The van der Waals surface area contributed by atoms with Crippen LogP contribution in [0.3, 0.4) is 0 Å². The van der Waals surface area contributed by atoms with Crippen molar-refractivity contribution in [3.05, 3.63) is 23.5 Å². The molecule has 2 N–H and O–H groups in total. The van der Waals surface area contributed by atoms with Crippen molar-refractivity contribution in [1.29, 1.82) is 0 Å². The summed E-state index contributed by atoms with van der Waals surface area (Å²) in [4.78, 5) is 6.90. The van der Waals surface area contributed by atoms with Gasteiger partial charge in [0.15, 0.2) is 0 Å². The second-order valence-electron chi connectivity index (χ2n) is 6.35. The van der Waals surface area contributed by atoms with Gasteiger partial charge in [0, 0.05) is 42.8 Å². The first-order chi connectivity index (χ1) is 9.22. The Labute approximate surface area is 116 Å². The lowest BCUT2D eigenvalue weighted by molar-refractivity contribution is 0.226. The summed E-state index contributed by atoms with van der Waals surface area (Å²) < 4.78 is 0. The smallest absolute Gasteiger partial charge is 0.0445 e. The van der Waals surface area contributed by atoms with Gasteiger partial charge in [-0.25, -0.2) is 0 Å². The van der Waals surface area contributed by atoms with Gasteiger partial charge in [-0.2, -0.15) is 0 Å². The van der Waals surface area contributed by atoms with Gasteiger partial charge in [-0.05, 0) is 44.1 Å². The standard InChI is InChI=1S/C16H25N3/c1-13-10-15(14(11-17)12-18-13)19-8-6-16(7-9-19)4-2-3-5-16/h10,12H,2-9,11,17H2,1H3. The average Bonchev–Trinajstić information content (AvgIpc) is 2.88. The zero-order valence-corrected chi connectivity index (χ0v) is 12.0. The van der Waals surface area contributed by atoms with Crippen molar-refractivity contribution >= 4 is 5.69 Å². The van der Waals surface area contributed by atoms with Gasteiger partial charge in [0.2, 0.25) is 0 Å². The minimum atomic E-state index is 0.588. The molecule has 2 heterocycles. The molecule has 1 aliphatic carbocycles. The van der Waals surface area contributed by atoms with Gasteiger partial charge >= 0.3 is 0 Å². The zero-order chi connectivity index (χ0) is 13.3. The second-order valence-corrected chi connectivity index (χ2v) is 6.35. The number of nitrogens with zero attached hydrogens (tertiary/aromatic N) is 2. The van der Waals surface area contributed by atoms with E-state index in [1.807, 2.05) is 6.20 Å². The number of aryl methyl sites for hydroxylation is 1. The molecule has 1 aliphatic heterocycles. The van der Waals surface area contributed by atoms with E-state index in [0.717, 1.165) is 5.69 Å². The van der Waals surface area contributed by atoms with Crippen molar-refractivity contribution < 1.29 is 0 Å². The molecule has 104 valence electrons. The highest BCUT2D eigenvalue weighted by atomic mass is 15.1. The maximum Gasteiger partial charge on any atom is 0.0445 e. The highest BCUT2D eigenvalue weighted by Gasteiger charge is 2.37. The van der Waals surface area contributed by atoms with Crippen LogP contribution in [0.4, 0.5) is 5.69 Å². The van der Waals surface area contributed by atoms with E-state index in [0.29, 0.717) is 12.0 Å².